The molecular weight excluding hydrogens is 332 g/mol. The van der Waals surface area contributed by atoms with E-state index < -0.39 is 0 Å². The number of thiophene rings is 1. The van der Waals surface area contributed by atoms with Gasteiger partial charge >= 0.3 is 0 Å². The van der Waals surface area contributed by atoms with E-state index in [1.807, 2.05) is 40.7 Å². The van der Waals surface area contributed by atoms with Crippen molar-refractivity contribution in [1.82, 2.24) is 19.4 Å². The molecule has 0 spiro atoms. The summed E-state index contributed by atoms with van der Waals surface area (Å²) in [6.45, 7) is 3.73. The van der Waals surface area contributed by atoms with Crippen molar-refractivity contribution in [2.45, 2.75) is 38.6 Å². The summed E-state index contributed by atoms with van der Waals surface area (Å²) in [5, 5.41) is 2.02. The second-order valence-corrected chi connectivity index (χ2v) is 7.56. The summed E-state index contributed by atoms with van der Waals surface area (Å²) in [7, 11) is 0. The average molecular weight is 354 g/mol. The molecule has 0 aliphatic carbocycles. The fourth-order valence-electron chi connectivity index (χ4n) is 3.61. The number of amides is 1. The summed E-state index contributed by atoms with van der Waals surface area (Å²) in [5.41, 5.74) is 1.90. The highest BCUT2D eigenvalue weighted by molar-refractivity contribution is 7.10. The molecule has 1 saturated heterocycles. The molecule has 1 unspecified atom stereocenters. The minimum atomic E-state index is 0.222. The van der Waals surface area contributed by atoms with Crippen LogP contribution in [0.3, 0.4) is 0 Å². The van der Waals surface area contributed by atoms with Gasteiger partial charge in [-0.25, -0.2) is 9.97 Å². The number of aromatic nitrogens is 3. The number of hydrogen-bond acceptors (Lipinski definition) is 4. The van der Waals surface area contributed by atoms with E-state index in [9.17, 15) is 4.79 Å². The molecule has 0 aromatic carbocycles. The van der Waals surface area contributed by atoms with Gasteiger partial charge in [-0.3, -0.25) is 4.79 Å². The highest BCUT2D eigenvalue weighted by Gasteiger charge is 2.30. The Balaban J connectivity index is 1.56. The van der Waals surface area contributed by atoms with Crippen LogP contribution >= 0.6 is 11.3 Å². The maximum atomic E-state index is 12.6. The summed E-state index contributed by atoms with van der Waals surface area (Å²) in [6.07, 6.45) is 5.29. The quantitative estimate of drug-likeness (QED) is 0.705. The van der Waals surface area contributed by atoms with Crippen molar-refractivity contribution in [2.24, 2.45) is 0 Å². The number of hydrogen-bond donors (Lipinski definition) is 0. The van der Waals surface area contributed by atoms with Crippen LogP contribution in [0, 0.1) is 0 Å². The van der Waals surface area contributed by atoms with Crippen molar-refractivity contribution in [3.63, 3.8) is 0 Å². The number of fused-ring (bicyclic) bond motifs is 1. The standard InChI is InChI=1S/C19H22N4OS/c1-2-5-17-21-16-7-3-9-20-19(16)23(17)14-8-10-22(13-14)18(24)12-15-6-4-11-25-15/h3-4,6-7,9,11,14H,2,5,8,10,12-13H2,1H3. The normalized spacial score (nSPS) is 17.5. The first-order valence-electron chi connectivity index (χ1n) is 8.88. The number of nitrogens with zero attached hydrogens (tertiary/aromatic N) is 4. The molecule has 3 aromatic heterocycles. The summed E-state index contributed by atoms with van der Waals surface area (Å²) in [6, 6.07) is 8.25. The highest BCUT2D eigenvalue weighted by Crippen LogP contribution is 2.28. The van der Waals surface area contributed by atoms with Crippen LogP contribution in [0.4, 0.5) is 0 Å². The maximum Gasteiger partial charge on any atom is 0.227 e. The Hall–Kier alpha value is -2.21. The van der Waals surface area contributed by atoms with Crippen LogP contribution in [-0.4, -0.2) is 38.4 Å². The van der Waals surface area contributed by atoms with Gasteiger partial charge in [-0.1, -0.05) is 13.0 Å². The van der Waals surface area contributed by atoms with Gasteiger partial charge in [-0.2, -0.15) is 0 Å². The van der Waals surface area contributed by atoms with Crippen molar-refractivity contribution in [3.05, 3.63) is 46.5 Å². The van der Waals surface area contributed by atoms with Crippen LogP contribution in [0.5, 0.6) is 0 Å². The van der Waals surface area contributed by atoms with Crippen LogP contribution in [0.15, 0.2) is 35.8 Å². The lowest BCUT2D eigenvalue weighted by Crippen LogP contribution is -2.30. The van der Waals surface area contributed by atoms with Crippen LogP contribution < -0.4 is 0 Å². The van der Waals surface area contributed by atoms with E-state index in [4.69, 9.17) is 4.98 Å². The molecule has 1 aliphatic rings. The molecule has 1 amide bonds. The fraction of sp³-hybridized carbons (Fsp3) is 0.421. The number of rotatable bonds is 5. The molecule has 0 N–H and O–H groups in total. The minimum absolute atomic E-state index is 0.222. The number of likely N-dealkylation sites (tertiary alicyclic amines) is 1. The summed E-state index contributed by atoms with van der Waals surface area (Å²) >= 11 is 1.65. The number of carbonyl (C=O) groups excluding carboxylic acids is 1. The van der Waals surface area contributed by atoms with Crippen molar-refractivity contribution in [3.8, 4) is 0 Å². The summed E-state index contributed by atoms with van der Waals surface area (Å²) in [4.78, 5) is 25.1. The Morgan fingerprint density at radius 3 is 3.08 bits per heavy atom. The van der Waals surface area contributed by atoms with E-state index >= 15 is 0 Å². The molecule has 5 nitrogen and oxygen atoms in total. The largest absolute Gasteiger partial charge is 0.340 e. The molecule has 1 atom stereocenters. The van der Waals surface area contributed by atoms with Crippen molar-refractivity contribution < 1.29 is 4.79 Å². The van der Waals surface area contributed by atoms with Gasteiger partial charge in [0.1, 0.15) is 11.3 Å². The van der Waals surface area contributed by atoms with E-state index in [-0.39, 0.29) is 11.9 Å². The molecule has 0 saturated carbocycles. The number of imidazole rings is 1. The Morgan fingerprint density at radius 2 is 2.28 bits per heavy atom. The third kappa shape index (κ3) is 3.18. The Kier molecular flexibility index (Phi) is 4.53. The molecule has 25 heavy (non-hydrogen) atoms. The SMILES string of the molecule is CCCc1nc2cccnc2n1C1CCN(C(=O)Cc2cccs2)C1. The predicted molar refractivity (Wildman–Crippen MR) is 99.8 cm³/mol. The second kappa shape index (κ2) is 6.96. The molecular formula is C19H22N4OS. The monoisotopic (exact) mass is 354 g/mol. The molecule has 0 radical (unpaired) electrons. The zero-order chi connectivity index (χ0) is 17.2. The fourth-order valence-corrected chi connectivity index (χ4v) is 4.31. The molecule has 3 aromatic rings. The minimum Gasteiger partial charge on any atom is -0.340 e. The lowest BCUT2D eigenvalue weighted by atomic mass is 10.2. The van der Waals surface area contributed by atoms with E-state index in [0.29, 0.717) is 6.42 Å². The lowest BCUT2D eigenvalue weighted by molar-refractivity contribution is -0.129. The average Bonchev–Trinajstić information content (AvgIpc) is 3.33. The van der Waals surface area contributed by atoms with E-state index in [1.54, 1.807) is 11.3 Å². The van der Waals surface area contributed by atoms with Crippen LogP contribution in [-0.2, 0) is 17.6 Å². The Bertz CT molecular complexity index is 871. The van der Waals surface area contributed by atoms with Gasteiger partial charge in [0, 0.05) is 30.6 Å². The lowest BCUT2D eigenvalue weighted by Gasteiger charge is -2.18. The second-order valence-electron chi connectivity index (χ2n) is 6.53. The van der Waals surface area contributed by atoms with E-state index in [1.165, 1.54) is 0 Å². The van der Waals surface area contributed by atoms with Crippen molar-refractivity contribution in [1.29, 1.82) is 0 Å². The van der Waals surface area contributed by atoms with Gasteiger partial charge < -0.3 is 9.47 Å². The number of aryl methyl sites for hydroxylation is 1. The zero-order valence-corrected chi connectivity index (χ0v) is 15.2. The van der Waals surface area contributed by atoms with E-state index in [0.717, 1.165) is 54.2 Å². The Labute approximate surface area is 151 Å². The summed E-state index contributed by atoms with van der Waals surface area (Å²) < 4.78 is 2.28. The molecule has 130 valence electrons. The third-order valence-electron chi connectivity index (χ3n) is 4.78. The molecule has 4 rings (SSSR count). The van der Waals surface area contributed by atoms with Crippen molar-refractivity contribution in [2.75, 3.05) is 13.1 Å². The van der Waals surface area contributed by atoms with Gasteiger partial charge in [-0.05, 0) is 36.4 Å². The first kappa shape index (κ1) is 16.3. The van der Waals surface area contributed by atoms with Crippen LogP contribution in [0.25, 0.3) is 11.2 Å². The maximum absolute atomic E-state index is 12.6. The topological polar surface area (TPSA) is 51.0 Å². The first-order valence-corrected chi connectivity index (χ1v) is 9.76. The number of carbonyl (C=O) groups is 1. The zero-order valence-electron chi connectivity index (χ0n) is 14.4. The smallest absolute Gasteiger partial charge is 0.227 e. The van der Waals surface area contributed by atoms with Crippen molar-refractivity contribution >= 4 is 28.4 Å². The molecule has 4 heterocycles. The first-order chi connectivity index (χ1) is 12.3. The van der Waals surface area contributed by atoms with Gasteiger partial charge in [0.2, 0.25) is 5.91 Å². The van der Waals surface area contributed by atoms with Crippen LogP contribution in [0.2, 0.25) is 0 Å². The Morgan fingerprint density at radius 1 is 1.36 bits per heavy atom. The highest BCUT2D eigenvalue weighted by atomic mass is 32.1. The number of pyridine rings is 1. The molecule has 0 bridgehead atoms. The van der Waals surface area contributed by atoms with Gasteiger partial charge in [-0.15, -0.1) is 11.3 Å². The summed E-state index contributed by atoms with van der Waals surface area (Å²) in [5.74, 6) is 1.31. The van der Waals surface area contributed by atoms with Gasteiger partial charge in [0.25, 0.3) is 0 Å². The van der Waals surface area contributed by atoms with Crippen LogP contribution in [0.1, 0.15) is 36.5 Å². The van der Waals surface area contributed by atoms with Gasteiger partial charge in [0.15, 0.2) is 5.65 Å². The molecule has 1 aliphatic heterocycles. The predicted octanol–water partition coefficient (Wildman–Crippen LogP) is 3.46. The van der Waals surface area contributed by atoms with E-state index in [2.05, 4.69) is 16.5 Å². The molecule has 6 heteroatoms. The third-order valence-corrected chi connectivity index (χ3v) is 5.66. The van der Waals surface area contributed by atoms with Gasteiger partial charge in [0.05, 0.1) is 12.5 Å². The molecule has 1 fully saturated rings.